The van der Waals surface area contributed by atoms with Crippen LogP contribution in [-0.2, 0) is 6.18 Å². The van der Waals surface area contributed by atoms with Crippen LogP contribution in [0, 0.1) is 0 Å². The Morgan fingerprint density at radius 2 is 1.61 bits per heavy atom. The summed E-state index contributed by atoms with van der Waals surface area (Å²) in [7, 11) is 0. The lowest BCUT2D eigenvalue weighted by Gasteiger charge is -2.08. The van der Waals surface area contributed by atoms with Crippen LogP contribution in [0.3, 0.4) is 0 Å². The van der Waals surface area contributed by atoms with Gasteiger partial charge in [-0.1, -0.05) is 12.1 Å². The van der Waals surface area contributed by atoms with E-state index in [1.54, 1.807) is 0 Å². The van der Waals surface area contributed by atoms with Gasteiger partial charge in [-0.15, -0.1) is 0 Å². The highest BCUT2D eigenvalue weighted by molar-refractivity contribution is 5.58. The standard InChI is InChI=1S/C15H10F3N3O2/c16-15(17,18)10-3-1-9(2-4-10)13-19-20-14(23)21(13)11-5-7-12(22)8-6-11/h1-8,22H,(H,20,23). The molecule has 5 nitrogen and oxygen atoms in total. The van der Waals surface area contributed by atoms with Gasteiger partial charge in [0.05, 0.1) is 11.3 Å². The summed E-state index contributed by atoms with van der Waals surface area (Å²) in [4.78, 5) is 11.9. The van der Waals surface area contributed by atoms with E-state index in [0.29, 0.717) is 11.3 Å². The number of phenolic OH excluding ortho intramolecular Hbond substituents is 1. The molecule has 0 aliphatic rings. The van der Waals surface area contributed by atoms with Crippen molar-refractivity contribution < 1.29 is 18.3 Å². The normalized spacial score (nSPS) is 11.6. The van der Waals surface area contributed by atoms with Gasteiger partial charge in [0, 0.05) is 5.56 Å². The number of aromatic nitrogens is 3. The lowest BCUT2D eigenvalue weighted by Crippen LogP contribution is -2.15. The Morgan fingerprint density at radius 3 is 2.17 bits per heavy atom. The van der Waals surface area contributed by atoms with E-state index in [1.807, 2.05) is 0 Å². The van der Waals surface area contributed by atoms with Crippen LogP contribution < -0.4 is 5.69 Å². The van der Waals surface area contributed by atoms with Gasteiger partial charge in [0.15, 0.2) is 5.82 Å². The van der Waals surface area contributed by atoms with E-state index in [1.165, 1.54) is 41.0 Å². The van der Waals surface area contributed by atoms with Crippen molar-refractivity contribution in [2.45, 2.75) is 6.18 Å². The van der Waals surface area contributed by atoms with Crippen LogP contribution in [0.25, 0.3) is 17.1 Å². The first-order valence-corrected chi connectivity index (χ1v) is 6.51. The number of nitrogens with one attached hydrogen (secondary N) is 1. The molecule has 0 saturated heterocycles. The lowest BCUT2D eigenvalue weighted by atomic mass is 10.1. The first-order chi connectivity index (χ1) is 10.9. The van der Waals surface area contributed by atoms with Gasteiger partial charge in [0.1, 0.15) is 5.75 Å². The highest BCUT2D eigenvalue weighted by Crippen LogP contribution is 2.30. The second-order valence-electron chi connectivity index (χ2n) is 4.78. The summed E-state index contributed by atoms with van der Waals surface area (Å²) in [6.45, 7) is 0. The fourth-order valence-electron chi connectivity index (χ4n) is 2.14. The van der Waals surface area contributed by atoms with Crippen molar-refractivity contribution >= 4 is 0 Å². The van der Waals surface area contributed by atoms with E-state index in [4.69, 9.17) is 0 Å². The number of benzene rings is 2. The predicted octanol–water partition coefficient (Wildman–Crippen LogP) is 2.95. The molecule has 8 heteroatoms. The highest BCUT2D eigenvalue weighted by atomic mass is 19.4. The number of rotatable bonds is 2. The van der Waals surface area contributed by atoms with Gasteiger partial charge in [0.25, 0.3) is 0 Å². The average Bonchev–Trinajstić information content (AvgIpc) is 2.89. The zero-order valence-electron chi connectivity index (χ0n) is 11.5. The van der Waals surface area contributed by atoms with Crippen LogP contribution in [0.1, 0.15) is 5.56 Å². The zero-order valence-corrected chi connectivity index (χ0v) is 11.5. The maximum atomic E-state index is 12.6. The molecule has 0 aliphatic carbocycles. The van der Waals surface area contributed by atoms with Gasteiger partial charge in [-0.25, -0.2) is 14.5 Å². The molecule has 3 aromatic rings. The third kappa shape index (κ3) is 2.83. The molecule has 0 amide bonds. The smallest absolute Gasteiger partial charge is 0.416 e. The van der Waals surface area contributed by atoms with E-state index in [9.17, 15) is 23.1 Å². The topological polar surface area (TPSA) is 70.9 Å². The molecule has 23 heavy (non-hydrogen) atoms. The molecule has 0 bridgehead atoms. The van der Waals surface area contributed by atoms with Gasteiger partial charge in [-0.2, -0.15) is 18.3 Å². The van der Waals surface area contributed by atoms with E-state index < -0.39 is 17.4 Å². The van der Waals surface area contributed by atoms with Gasteiger partial charge >= 0.3 is 11.9 Å². The molecule has 0 unspecified atom stereocenters. The number of aromatic hydroxyl groups is 1. The minimum atomic E-state index is -4.43. The molecule has 0 atom stereocenters. The molecule has 0 radical (unpaired) electrons. The number of nitrogens with zero attached hydrogens (tertiary/aromatic N) is 2. The van der Waals surface area contributed by atoms with Gasteiger partial charge < -0.3 is 5.11 Å². The molecule has 3 rings (SSSR count). The molecular formula is C15H10F3N3O2. The monoisotopic (exact) mass is 321 g/mol. The third-order valence-corrected chi connectivity index (χ3v) is 3.25. The van der Waals surface area contributed by atoms with Crippen molar-refractivity contribution in [3.05, 3.63) is 64.6 Å². The Balaban J connectivity index is 2.08. The summed E-state index contributed by atoms with van der Waals surface area (Å²) >= 11 is 0. The number of hydrogen-bond donors (Lipinski definition) is 2. The van der Waals surface area contributed by atoms with Crippen molar-refractivity contribution in [3.63, 3.8) is 0 Å². The van der Waals surface area contributed by atoms with Crippen molar-refractivity contribution in [1.82, 2.24) is 14.8 Å². The number of aromatic amines is 1. The lowest BCUT2D eigenvalue weighted by molar-refractivity contribution is -0.137. The summed E-state index contributed by atoms with van der Waals surface area (Å²) in [6, 6.07) is 10.1. The largest absolute Gasteiger partial charge is 0.508 e. The van der Waals surface area contributed by atoms with Gasteiger partial charge in [0.2, 0.25) is 0 Å². The van der Waals surface area contributed by atoms with Crippen LogP contribution in [0.5, 0.6) is 5.75 Å². The van der Waals surface area contributed by atoms with E-state index in [2.05, 4.69) is 10.2 Å². The Bertz CT molecular complexity index is 878. The van der Waals surface area contributed by atoms with E-state index in [-0.39, 0.29) is 11.6 Å². The summed E-state index contributed by atoms with van der Waals surface area (Å²) in [6.07, 6.45) is -4.43. The van der Waals surface area contributed by atoms with Crippen molar-refractivity contribution in [1.29, 1.82) is 0 Å². The average molecular weight is 321 g/mol. The molecule has 2 aromatic carbocycles. The van der Waals surface area contributed by atoms with Crippen LogP contribution in [-0.4, -0.2) is 19.9 Å². The second-order valence-corrected chi connectivity index (χ2v) is 4.78. The van der Waals surface area contributed by atoms with Crippen LogP contribution >= 0.6 is 0 Å². The fraction of sp³-hybridized carbons (Fsp3) is 0.0667. The van der Waals surface area contributed by atoms with Gasteiger partial charge in [-0.05, 0) is 36.4 Å². The molecule has 118 valence electrons. The quantitative estimate of drug-likeness (QED) is 0.762. The zero-order chi connectivity index (χ0) is 16.6. The minimum absolute atomic E-state index is 0.0290. The van der Waals surface area contributed by atoms with Crippen LogP contribution in [0.15, 0.2) is 53.3 Å². The first kappa shape index (κ1) is 14.9. The van der Waals surface area contributed by atoms with Crippen LogP contribution in [0.2, 0.25) is 0 Å². The number of alkyl halides is 3. The molecule has 1 aromatic heterocycles. The van der Waals surface area contributed by atoms with E-state index in [0.717, 1.165) is 12.1 Å². The molecule has 0 fully saturated rings. The van der Waals surface area contributed by atoms with E-state index >= 15 is 0 Å². The fourth-order valence-corrected chi connectivity index (χ4v) is 2.14. The number of phenols is 1. The number of hydrogen-bond acceptors (Lipinski definition) is 3. The Kier molecular flexibility index (Phi) is 3.44. The van der Waals surface area contributed by atoms with Crippen molar-refractivity contribution in [2.75, 3.05) is 0 Å². The first-order valence-electron chi connectivity index (χ1n) is 6.51. The maximum absolute atomic E-state index is 12.6. The van der Waals surface area contributed by atoms with Crippen molar-refractivity contribution in [2.24, 2.45) is 0 Å². The summed E-state index contributed by atoms with van der Waals surface area (Å²) in [5.74, 6) is 0.204. The van der Waals surface area contributed by atoms with Crippen molar-refractivity contribution in [3.8, 4) is 22.8 Å². The summed E-state index contributed by atoms with van der Waals surface area (Å²) < 4.78 is 39.0. The second kappa shape index (κ2) is 5.31. The minimum Gasteiger partial charge on any atom is -0.508 e. The Labute approximate surface area is 127 Å². The predicted molar refractivity (Wildman–Crippen MR) is 76.3 cm³/mol. The Hall–Kier alpha value is -3.03. The Morgan fingerprint density at radius 1 is 1.00 bits per heavy atom. The SMILES string of the molecule is O=c1[nH]nc(-c2ccc(C(F)(F)F)cc2)n1-c1ccc(O)cc1. The molecular weight excluding hydrogens is 311 g/mol. The highest BCUT2D eigenvalue weighted by Gasteiger charge is 2.30. The summed E-state index contributed by atoms with van der Waals surface area (Å²) in [5, 5.41) is 15.4. The van der Waals surface area contributed by atoms with Gasteiger partial charge in [-0.3, -0.25) is 0 Å². The number of H-pyrrole nitrogens is 1. The van der Waals surface area contributed by atoms with Crippen LogP contribution in [0.4, 0.5) is 13.2 Å². The number of halogens is 3. The summed E-state index contributed by atoms with van der Waals surface area (Å²) in [5.41, 5.74) is -0.540. The molecule has 1 heterocycles. The molecule has 0 aliphatic heterocycles. The molecule has 0 saturated carbocycles. The maximum Gasteiger partial charge on any atom is 0.416 e. The molecule has 0 spiro atoms. The molecule has 2 N–H and O–H groups in total. The third-order valence-electron chi connectivity index (χ3n) is 3.25.